The zero-order valence-electron chi connectivity index (χ0n) is 11.5. The lowest BCUT2D eigenvalue weighted by Gasteiger charge is -2.32. The van der Waals surface area contributed by atoms with Gasteiger partial charge in [-0.05, 0) is 19.1 Å². The average Bonchev–Trinajstić information content (AvgIpc) is 2.85. The number of pyridine rings is 1. The number of nitrogen functional groups attached to an aromatic ring is 1. The summed E-state index contributed by atoms with van der Waals surface area (Å²) in [7, 11) is 0. The second-order valence-corrected chi connectivity index (χ2v) is 5.10. The van der Waals surface area contributed by atoms with E-state index in [2.05, 4.69) is 20.1 Å². The molecule has 1 aliphatic heterocycles. The maximum atomic E-state index is 5.82. The molecular weight excluding hydrogens is 254 g/mol. The molecule has 2 aromatic heterocycles. The summed E-state index contributed by atoms with van der Waals surface area (Å²) in [6, 6.07) is 5.67. The molecule has 106 valence electrons. The van der Waals surface area contributed by atoms with Crippen molar-refractivity contribution in [3.8, 4) is 0 Å². The van der Waals surface area contributed by atoms with Gasteiger partial charge in [0.1, 0.15) is 11.9 Å². The SMILES string of the molecule is Cc1[nH]ncc1CN1CCO[C@@H](c2cccc(N)n2)C1. The summed E-state index contributed by atoms with van der Waals surface area (Å²) >= 11 is 0. The first-order valence-corrected chi connectivity index (χ1v) is 6.77. The minimum absolute atomic E-state index is 0.0144. The Hall–Kier alpha value is -1.92. The monoisotopic (exact) mass is 273 g/mol. The number of nitrogens with one attached hydrogen (secondary N) is 1. The molecule has 6 nitrogen and oxygen atoms in total. The van der Waals surface area contributed by atoms with Crippen LogP contribution in [-0.2, 0) is 11.3 Å². The lowest BCUT2D eigenvalue weighted by atomic mass is 10.1. The molecule has 1 saturated heterocycles. The number of nitrogens with two attached hydrogens (primary N) is 1. The third-order valence-corrected chi connectivity index (χ3v) is 3.60. The van der Waals surface area contributed by atoms with Crippen LogP contribution in [-0.4, -0.2) is 39.8 Å². The molecule has 2 aromatic rings. The van der Waals surface area contributed by atoms with Crippen LogP contribution >= 0.6 is 0 Å². The summed E-state index contributed by atoms with van der Waals surface area (Å²) < 4.78 is 5.82. The first kappa shape index (κ1) is 13.1. The first-order valence-electron chi connectivity index (χ1n) is 6.77. The smallest absolute Gasteiger partial charge is 0.123 e. The van der Waals surface area contributed by atoms with Gasteiger partial charge >= 0.3 is 0 Å². The highest BCUT2D eigenvalue weighted by atomic mass is 16.5. The van der Waals surface area contributed by atoms with Gasteiger partial charge in [0.2, 0.25) is 0 Å². The molecule has 0 saturated carbocycles. The largest absolute Gasteiger partial charge is 0.384 e. The normalized spacial score (nSPS) is 20.1. The topological polar surface area (TPSA) is 80.1 Å². The van der Waals surface area contributed by atoms with Crippen LogP contribution in [0.2, 0.25) is 0 Å². The number of anilines is 1. The van der Waals surface area contributed by atoms with E-state index in [1.807, 2.05) is 25.3 Å². The van der Waals surface area contributed by atoms with Crippen LogP contribution in [0.15, 0.2) is 24.4 Å². The summed E-state index contributed by atoms with van der Waals surface area (Å²) in [6.45, 7) is 5.37. The molecule has 1 atom stereocenters. The van der Waals surface area contributed by atoms with Gasteiger partial charge in [-0.15, -0.1) is 0 Å². The zero-order chi connectivity index (χ0) is 13.9. The molecule has 3 rings (SSSR count). The van der Waals surface area contributed by atoms with E-state index < -0.39 is 0 Å². The van der Waals surface area contributed by atoms with Crippen molar-refractivity contribution in [2.45, 2.75) is 19.6 Å². The molecule has 1 aliphatic rings. The Morgan fingerprint density at radius 3 is 3.15 bits per heavy atom. The van der Waals surface area contributed by atoms with Crippen LogP contribution in [0.1, 0.15) is 23.1 Å². The number of ether oxygens (including phenoxy) is 1. The maximum Gasteiger partial charge on any atom is 0.123 e. The van der Waals surface area contributed by atoms with Crippen LogP contribution in [0.25, 0.3) is 0 Å². The fraction of sp³-hybridized carbons (Fsp3) is 0.429. The molecule has 6 heteroatoms. The summed E-state index contributed by atoms with van der Waals surface area (Å²) in [5.74, 6) is 0.536. The van der Waals surface area contributed by atoms with E-state index in [0.717, 1.165) is 31.0 Å². The van der Waals surface area contributed by atoms with Crippen LogP contribution < -0.4 is 5.73 Å². The van der Waals surface area contributed by atoms with Gasteiger partial charge in [0.25, 0.3) is 0 Å². The first-order chi connectivity index (χ1) is 9.72. The minimum atomic E-state index is -0.0144. The van der Waals surface area contributed by atoms with Gasteiger partial charge < -0.3 is 10.5 Å². The molecular formula is C14H19N5O. The molecule has 0 aliphatic carbocycles. The number of aromatic nitrogens is 3. The average molecular weight is 273 g/mol. The number of nitrogens with zero attached hydrogens (tertiary/aromatic N) is 3. The van der Waals surface area contributed by atoms with Crippen LogP contribution in [0.5, 0.6) is 0 Å². The summed E-state index contributed by atoms with van der Waals surface area (Å²) in [4.78, 5) is 6.71. The Bertz CT molecular complexity index is 582. The highest BCUT2D eigenvalue weighted by molar-refractivity contribution is 5.29. The fourth-order valence-electron chi connectivity index (χ4n) is 2.45. The molecule has 3 heterocycles. The fourth-order valence-corrected chi connectivity index (χ4v) is 2.45. The van der Waals surface area contributed by atoms with Crippen molar-refractivity contribution >= 4 is 5.82 Å². The molecule has 3 N–H and O–H groups in total. The van der Waals surface area contributed by atoms with Crippen molar-refractivity contribution in [2.75, 3.05) is 25.4 Å². The van der Waals surface area contributed by atoms with E-state index in [4.69, 9.17) is 10.5 Å². The lowest BCUT2D eigenvalue weighted by molar-refractivity contribution is -0.0349. The Kier molecular flexibility index (Phi) is 3.66. The number of hydrogen-bond donors (Lipinski definition) is 2. The third kappa shape index (κ3) is 2.81. The van der Waals surface area contributed by atoms with Crippen molar-refractivity contribution in [1.82, 2.24) is 20.1 Å². The standard InChI is InChI=1S/C14H19N5O/c1-10-11(7-16-18-10)8-19-5-6-20-13(9-19)12-3-2-4-14(15)17-12/h2-4,7,13H,5-6,8-9H2,1H3,(H2,15,17)(H,16,18)/t13-/m1/s1. The second kappa shape index (κ2) is 5.60. The molecule has 0 aromatic carbocycles. The lowest BCUT2D eigenvalue weighted by Crippen LogP contribution is -2.38. The highest BCUT2D eigenvalue weighted by Gasteiger charge is 2.23. The molecule has 0 radical (unpaired) electrons. The van der Waals surface area contributed by atoms with E-state index in [9.17, 15) is 0 Å². The predicted molar refractivity (Wildman–Crippen MR) is 75.9 cm³/mol. The van der Waals surface area contributed by atoms with Crippen LogP contribution in [0.3, 0.4) is 0 Å². The van der Waals surface area contributed by atoms with Crippen molar-refractivity contribution in [2.24, 2.45) is 0 Å². The quantitative estimate of drug-likeness (QED) is 0.880. The number of rotatable bonds is 3. The van der Waals surface area contributed by atoms with Gasteiger partial charge in [0.05, 0.1) is 18.5 Å². The number of H-pyrrole nitrogens is 1. The Balaban J connectivity index is 1.69. The van der Waals surface area contributed by atoms with Crippen molar-refractivity contribution in [3.05, 3.63) is 41.3 Å². The molecule has 0 unspecified atom stereocenters. The summed E-state index contributed by atoms with van der Waals surface area (Å²) in [5.41, 5.74) is 8.99. The Morgan fingerprint density at radius 1 is 1.50 bits per heavy atom. The van der Waals surface area contributed by atoms with Gasteiger partial charge in [0.15, 0.2) is 0 Å². The van der Waals surface area contributed by atoms with E-state index in [1.54, 1.807) is 6.07 Å². The van der Waals surface area contributed by atoms with Gasteiger partial charge in [0, 0.05) is 30.9 Å². The van der Waals surface area contributed by atoms with E-state index in [-0.39, 0.29) is 6.10 Å². The van der Waals surface area contributed by atoms with Crippen molar-refractivity contribution < 1.29 is 4.74 Å². The molecule has 0 bridgehead atoms. The van der Waals surface area contributed by atoms with Gasteiger partial charge in [-0.3, -0.25) is 10.00 Å². The third-order valence-electron chi connectivity index (χ3n) is 3.60. The zero-order valence-corrected chi connectivity index (χ0v) is 11.5. The number of hydrogen-bond acceptors (Lipinski definition) is 5. The van der Waals surface area contributed by atoms with E-state index >= 15 is 0 Å². The number of morpholine rings is 1. The van der Waals surface area contributed by atoms with Gasteiger partial charge in [-0.25, -0.2) is 4.98 Å². The van der Waals surface area contributed by atoms with E-state index in [1.165, 1.54) is 5.56 Å². The summed E-state index contributed by atoms with van der Waals surface area (Å²) in [5, 5.41) is 7.04. The molecule has 0 spiro atoms. The van der Waals surface area contributed by atoms with Crippen LogP contribution in [0, 0.1) is 6.92 Å². The molecule has 1 fully saturated rings. The van der Waals surface area contributed by atoms with E-state index in [0.29, 0.717) is 12.4 Å². The van der Waals surface area contributed by atoms with Gasteiger partial charge in [-0.1, -0.05) is 6.07 Å². The van der Waals surface area contributed by atoms with Gasteiger partial charge in [-0.2, -0.15) is 5.10 Å². The van der Waals surface area contributed by atoms with Crippen molar-refractivity contribution in [3.63, 3.8) is 0 Å². The second-order valence-electron chi connectivity index (χ2n) is 5.10. The number of aromatic amines is 1. The van der Waals surface area contributed by atoms with Crippen molar-refractivity contribution in [1.29, 1.82) is 0 Å². The molecule has 20 heavy (non-hydrogen) atoms. The maximum absolute atomic E-state index is 5.82. The highest BCUT2D eigenvalue weighted by Crippen LogP contribution is 2.22. The van der Waals surface area contributed by atoms with Crippen LogP contribution in [0.4, 0.5) is 5.82 Å². The Labute approximate surface area is 118 Å². The number of aryl methyl sites for hydroxylation is 1. The summed E-state index contributed by atoms with van der Waals surface area (Å²) in [6.07, 6.45) is 1.87. The molecule has 0 amide bonds. The Morgan fingerprint density at radius 2 is 2.40 bits per heavy atom. The predicted octanol–water partition coefficient (Wildman–Crippen LogP) is 1.27. The minimum Gasteiger partial charge on any atom is -0.384 e.